The first-order valence-corrected chi connectivity index (χ1v) is 9.36. The van der Waals surface area contributed by atoms with E-state index in [1.54, 1.807) is 0 Å². The molecule has 2 aromatic rings. The Kier molecular flexibility index (Phi) is 3.53. The van der Waals surface area contributed by atoms with E-state index < -0.39 is 0 Å². The van der Waals surface area contributed by atoms with Crippen molar-refractivity contribution in [1.29, 1.82) is 0 Å². The number of nitrogens with zero attached hydrogens (tertiary/aromatic N) is 4. The number of hydrogen-bond acceptors (Lipinski definition) is 5. The molecule has 0 atom stereocenters. The molecule has 1 saturated carbocycles. The Hall–Kier alpha value is -2.31. The van der Waals surface area contributed by atoms with Crippen molar-refractivity contribution in [3.63, 3.8) is 0 Å². The van der Waals surface area contributed by atoms with Gasteiger partial charge in [0.05, 0.1) is 0 Å². The molecule has 0 spiro atoms. The standard InChI is InChI=1S/C18H23N5O2/c24-18(17-13-3-1-2-4-15(13)25-21-17)23-9-7-22(8-10-23)16-11-14(19-20-16)12-5-6-12/h11-12H,1-10H2,(H,19,20). The highest BCUT2D eigenvalue weighted by molar-refractivity contribution is 5.94. The van der Waals surface area contributed by atoms with Crippen molar-refractivity contribution < 1.29 is 9.32 Å². The molecule has 2 aromatic heterocycles. The number of piperazine rings is 1. The van der Waals surface area contributed by atoms with E-state index in [0.29, 0.717) is 24.7 Å². The maximum Gasteiger partial charge on any atom is 0.276 e. The first kappa shape index (κ1) is 15.0. The minimum absolute atomic E-state index is 0.0206. The molecular weight excluding hydrogens is 318 g/mol. The van der Waals surface area contributed by atoms with E-state index in [9.17, 15) is 4.79 Å². The van der Waals surface area contributed by atoms with Crippen LogP contribution in [-0.2, 0) is 12.8 Å². The first-order valence-electron chi connectivity index (χ1n) is 9.36. The monoisotopic (exact) mass is 341 g/mol. The van der Waals surface area contributed by atoms with Crippen LogP contribution in [0.3, 0.4) is 0 Å². The van der Waals surface area contributed by atoms with Gasteiger partial charge in [-0.3, -0.25) is 9.89 Å². The molecule has 2 fully saturated rings. The Morgan fingerprint density at radius 3 is 2.76 bits per heavy atom. The fourth-order valence-electron chi connectivity index (χ4n) is 3.93. The largest absolute Gasteiger partial charge is 0.360 e. The van der Waals surface area contributed by atoms with Gasteiger partial charge in [-0.15, -0.1) is 0 Å². The van der Waals surface area contributed by atoms with Crippen molar-refractivity contribution in [2.75, 3.05) is 31.1 Å². The Morgan fingerprint density at radius 1 is 1.16 bits per heavy atom. The summed E-state index contributed by atoms with van der Waals surface area (Å²) in [6, 6.07) is 2.17. The highest BCUT2D eigenvalue weighted by atomic mass is 16.5. The second-order valence-corrected chi connectivity index (χ2v) is 7.38. The highest BCUT2D eigenvalue weighted by Gasteiger charge is 2.31. The number of nitrogens with one attached hydrogen (secondary N) is 1. The predicted octanol–water partition coefficient (Wildman–Crippen LogP) is 2.12. The normalized spacial score (nSPS) is 20.6. The zero-order valence-electron chi connectivity index (χ0n) is 14.3. The number of amides is 1. The lowest BCUT2D eigenvalue weighted by Crippen LogP contribution is -2.49. The molecule has 132 valence electrons. The molecule has 2 aliphatic carbocycles. The van der Waals surface area contributed by atoms with Crippen LogP contribution in [0.2, 0.25) is 0 Å². The number of fused-ring (bicyclic) bond motifs is 1. The average Bonchev–Trinajstić information content (AvgIpc) is 3.23. The third kappa shape index (κ3) is 2.71. The lowest BCUT2D eigenvalue weighted by Gasteiger charge is -2.34. The fraction of sp³-hybridized carbons (Fsp3) is 0.611. The van der Waals surface area contributed by atoms with Gasteiger partial charge < -0.3 is 14.3 Å². The highest BCUT2D eigenvalue weighted by Crippen LogP contribution is 2.39. The number of carbonyl (C=O) groups excluding carboxylic acids is 1. The molecular formula is C18H23N5O2. The van der Waals surface area contributed by atoms with Gasteiger partial charge in [0, 0.05) is 55.8 Å². The van der Waals surface area contributed by atoms with Gasteiger partial charge in [0.25, 0.3) is 5.91 Å². The van der Waals surface area contributed by atoms with Crippen LogP contribution in [0.4, 0.5) is 5.82 Å². The van der Waals surface area contributed by atoms with Gasteiger partial charge in [0.15, 0.2) is 11.5 Å². The molecule has 0 bridgehead atoms. The van der Waals surface area contributed by atoms with Crippen molar-refractivity contribution in [3.05, 3.63) is 28.8 Å². The van der Waals surface area contributed by atoms with Gasteiger partial charge in [-0.25, -0.2) is 0 Å². The van der Waals surface area contributed by atoms with Crippen LogP contribution < -0.4 is 4.90 Å². The number of carbonyl (C=O) groups is 1. The van der Waals surface area contributed by atoms with Crippen LogP contribution in [0, 0.1) is 0 Å². The molecule has 0 unspecified atom stereocenters. The number of rotatable bonds is 3. The Labute approximate surface area is 146 Å². The van der Waals surface area contributed by atoms with Crippen LogP contribution in [0.1, 0.15) is 59.1 Å². The van der Waals surface area contributed by atoms with E-state index in [-0.39, 0.29) is 5.91 Å². The molecule has 7 nitrogen and oxygen atoms in total. The van der Waals surface area contributed by atoms with E-state index in [1.165, 1.54) is 18.5 Å². The van der Waals surface area contributed by atoms with E-state index in [0.717, 1.165) is 55.9 Å². The van der Waals surface area contributed by atoms with Gasteiger partial charge in [0.2, 0.25) is 0 Å². The molecule has 1 N–H and O–H groups in total. The van der Waals surface area contributed by atoms with E-state index >= 15 is 0 Å². The lowest BCUT2D eigenvalue weighted by atomic mass is 9.96. The van der Waals surface area contributed by atoms with E-state index in [4.69, 9.17) is 4.52 Å². The van der Waals surface area contributed by atoms with Gasteiger partial charge in [0.1, 0.15) is 5.76 Å². The van der Waals surface area contributed by atoms with Crippen LogP contribution in [0.25, 0.3) is 0 Å². The molecule has 5 rings (SSSR count). The van der Waals surface area contributed by atoms with Crippen molar-refractivity contribution in [3.8, 4) is 0 Å². The first-order chi connectivity index (χ1) is 12.3. The van der Waals surface area contributed by atoms with Crippen molar-refractivity contribution in [2.45, 2.75) is 44.4 Å². The Bertz CT molecular complexity index is 783. The summed E-state index contributed by atoms with van der Waals surface area (Å²) in [6.45, 7) is 3.01. The second-order valence-electron chi connectivity index (χ2n) is 7.38. The third-order valence-electron chi connectivity index (χ3n) is 5.64. The summed E-state index contributed by atoms with van der Waals surface area (Å²) in [5.41, 5.74) is 2.83. The Balaban J connectivity index is 1.25. The van der Waals surface area contributed by atoms with Gasteiger partial charge in [-0.2, -0.15) is 5.10 Å². The summed E-state index contributed by atoms with van der Waals surface area (Å²) >= 11 is 0. The average molecular weight is 341 g/mol. The SMILES string of the molecule is O=C(c1noc2c1CCCC2)N1CCN(c2cc(C3CC3)[nH]n2)CC1. The smallest absolute Gasteiger partial charge is 0.276 e. The number of hydrogen-bond donors (Lipinski definition) is 1. The number of anilines is 1. The van der Waals surface area contributed by atoms with Crippen molar-refractivity contribution >= 4 is 11.7 Å². The molecule has 7 heteroatoms. The second kappa shape index (κ2) is 5.89. The molecule has 3 aliphatic rings. The minimum atomic E-state index is 0.0206. The number of H-pyrrole nitrogens is 1. The molecule has 1 amide bonds. The topological polar surface area (TPSA) is 78.3 Å². The van der Waals surface area contributed by atoms with E-state index in [2.05, 4.69) is 26.3 Å². The van der Waals surface area contributed by atoms with Crippen LogP contribution >= 0.6 is 0 Å². The fourth-order valence-corrected chi connectivity index (χ4v) is 3.93. The van der Waals surface area contributed by atoms with Crippen molar-refractivity contribution in [1.82, 2.24) is 20.3 Å². The molecule has 0 radical (unpaired) electrons. The molecule has 0 aromatic carbocycles. The Morgan fingerprint density at radius 2 is 1.96 bits per heavy atom. The molecule has 1 aliphatic heterocycles. The van der Waals surface area contributed by atoms with Gasteiger partial charge in [-0.1, -0.05) is 5.16 Å². The number of aromatic nitrogens is 3. The van der Waals surface area contributed by atoms with Crippen LogP contribution in [0.5, 0.6) is 0 Å². The van der Waals surface area contributed by atoms with Crippen molar-refractivity contribution in [2.24, 2.45) is 0 Å². The van der Waals surface area contributed by atoms with Gasteiger partial charge >= 0.3 is 0 Å². The third-order valence-corrected chi connectivity index (χ3v) is 5.64. The quantitative estimate of drug-likeness (QED) is 0.925. The summed E-state index contributed by atoms with van der Waals surface area (Å²) in [7, 11) is 0. The minimum Gasteiger partial charge on any atom is -0.360 e. The lowest BCUT2D eigenvalue weighted by molar-refractivity contribution is 0.0735. The molecule has 3 heterocycles. The van der Waals surface area contributed by atoms with E-state index in [1.807, 2.05) is 4.90 Å². The maximum absolute atomic E-state index is 12.8. The predicted molar refractivity (Wildman–Crippen MR) is 91.8 cm³/mol. The summed E-state index contributed by atoms with van der Waals surface area (Å²) in [5, 5.41) is 11.7. The zero-order valence-corrected chi connectivity index (χ0v) is 14.3. The summed E-state index contributed by atoms with van der Waals surface area (Å²) in [5.74, 6) is 2.62. The summed E-state index contributed by atoms with van der Waals surface area (Å²) < 4.78 is 5.40. The summed E-state index contributed by atoms with van der Waals surface area (Å²) in [6.07, 6.45) is 6.60. The molecule has 1 saturated heterocycles. The zero-order chi connectivity index (χ0) is 16.8. The summed E-state index contributed by atoms with van der Waals surface area (Å²) in [4.78, 5) is 17.0. The number of aromatic amines is 1. The van der Waals surface area contributed by atoms with Crippen LogP contribution in [0.15, 0.2) is 10.6 Å². The molecule has 25 heavy (non-hydrogen) atoms. The number of aryl methyl sites for hydroxylation is 1. The maximum atomic E-state index is 12.8. The van der Waals surface area contributed by atoms with Crippen LogP contribution in [-0.4, -0.2) is 52.3 Å². The van der Waals surface area contributed by atoms with Gasteiger partial charge in [-0.05, 0) is 32.1 Å².